The number of benzene rings is 3. The van der Waals surface area contributed by atoms with E-state index < -0.39 is 18.0 Å². The average molecular weight is 642 g/mol. The standard InChI is InChI=1S/C31H30F3N5O7/c32-31(33,34)46-23-9-7-22(8-10-23)39-27-18-25(37-19-38-27)20-3-1-4-21(17-20)29(42)35-11-13-44-15-16-45-14-12-36-30(43)24-5-2-6-26(40)28(24)41/h1-10,17-19,40-41H,11-16H2,(H,35,42)(H,36,43)(H,37,38,39). The number of rotatable bonds is 15. The second-order valence-corrected chi connectivity index (χ2v) is 9.48. The Kier molecular flexibility index (Phi) is 11.7. The third-order valence-corrected chi connectivity index (χ3v) is 6.14. The molecule has 0 aliphatic heterocycles. The minimum atomic E-state index is -4.78. The van der Waals surface area contributed by atoms with E-state index in [1.165, 1.54) is 48.8 Å². The maximum Gasteiger partial charge on any atom is 0.573 e. The number of nitrogens with one attached hydrogen (secondary N) is 3. The van der Waals surface area contributed by atoms with Gasteiger partial charge in [-0.15, -0.1) is 13.2 Å². The molecule has 0 saturated heterocycles. The Labute approximate surface area is 261 Å². The molecule has 2 amide bonds. The molecule has 0 bridgehead atoms. The Morgan fingerprint density at radius 3 is 2.15 bits per heavy atom. The fraction of sp³-hybridized carbons (Fsp3) is 0.226. The molecule has 12 nitrogen and oxygen atoms in total. The van der Waals surface area contributed by atoms with Crippen molar-refractivity contribution in [3.05, 3.63) is 90.3 Å². The molecule has 0 unspecified atom stereocenters. The summed E-state index contributed by atoms with van der Waals surface area (Å²) in [6.45, 7) is 1.42. The Morgan fingerprint density at radius 1 is 0.783 bits per heavy atom. The van der Waals surface area contributed by atoms with E-state index in [0.717, 1.165) is 0 Å². The van der Waals surface area contributed by atoms with Crippen molar-refractivity contribution in [2.24, 2.45) is 0 Å². The van der Waals surface area contributed by atoms with E-state index in [1.807, 2.05) is 0 Å². The van der Waals surface area contributed by atoms with Crippen LogP contribution in [0.2, 0.25) is 0 Å². The van der Waals surface area contributed by atoms with Crippen LogP contribution in [0.4, 0.5) is 24.7 Å². The molecule has 0 atom stereocenters. The summed E-state index contributed by atoms with van der Waals surface area (Å²) < 4.78 is 51.9. The average Bonchev–Trinajstić information content (AvgIpc) is 3.03. The van der Waals surface area contributed by atoms with Crippen molar-refractivity contribution in [2.75, 3.05) is 44.8 Å². The van der Waals surface area contributed by atoms with Gasteiger partial charge in [-0.2, -0.15) is 0 Å². The van der Waals surface area contributed by atoms with Gasteiger partial charge in [0.25, 0.3) is 11.8 Å². The second-order valence-electron chi connectivity index (χ2n) is 9.48. The number of carbonyl (C=O) groups is 2. The number of para-hydroxylation sites is 1. The summed E-state index contributed by atoms with van der Waals surface area (Å²) >= 11 is 0. The number of nitrogens with zero attached hydrogens (tertiary/aromatic N) is 2. The Bertz CT molecular complexity index is 1620. The summed E-state index contributed by atoms with van der Waals surface area (Å²) in [6, 6.07) is 17.7. The highest BCUT2D eigenvalue weighted by Crippen LogP contribution is 2.28. The van der Waals surface area contributed by atoms with Crippen LogP contribution in [0.15, 0.2) is 79.1 Å². The smallest absolute Gasteiger partial charge is 0.504 e. The summed E-state index contributed by atoms with van der Waals surface area (Å²) in [5.41, 5.74) is 2.01. The lowest BCUT2D eigenvalue weighted by molar-refractivity contribution is -0.274. The van der Waals surface area contributed by atoms with Gasteiger partial charge in [-0.1, -0.05) is 18.2 Å². The molecule has 0 aliphatic rings. The number of halogens is 3. The number of hydrogen-bond acceptors (Lipinski definition) is 10. The van der Waals surface area contributed by atoms with E-state index in [0.29, 0.717) is 28.3 Å². The fourth-order valence-corrected chi connectivity index (χ4v) is 4.00. The van der Waals surface area contributed by atoms with Crippen molar-refractivity contribution in [2.45, 2.75) is 6.36 Å². The molecule has 1 aromatic heterocycles. The third kappa shape index (κ3) is 10.3. The van der Waals surface area contributed by atoms with Gasteiger partial charge in [0, 0.05) is 36.0 Å². The number of ether oxygens (including phenoxy) is 3. The molecule has 242 valence electrons. The number of amides is 2. The summed E-state index contributed by atoms with van der Waals surface area (Å²) in [4.78, 5) is 33.1. The van der Waals surface area contributed by atoms with E-state index >= 15 is 0 Å². The van der Waals surface area contributed by atoms with E-state index in [9.17, 15) is 33.0 Å². The summed E-state index contributed by atoms with van der Waals surface area (Å²) in [7, 11) is 0. The van der Waals surface area contributed by atoms with Crippen molar-refractivity contribution in [3.8, 4) is 28.5 Å². The first-order valence-corrected chi connectivity index (χ1v) is 13.9. The zero-order chi connectivity index (χ0) is 32.9. The van der Waals surface area contributed by atoms with Gasteiger partial charge in [-0.05, 0) is 48.5 Å². The Balaban J connectivity index is 1.15. The number of phenols is 2. The first-order chi connectivity index (χ1) is 22.1. The predicted octanol–water partition coefficient (Wildman–Crippen LogP) is 4.39. The quantitative estimate of drug-likeness (QED) is 0.0929. The lowest BCUT2D eigenvalue weighted by Crippen LogP contribution is -2.28. The number of aromatic hydroxyl groups is 2. The lowest BCUT2D eigenvalue weighted by atomic mass is 10.1. The van der Waals surface area contributed by atoms with Crippen LogP contribution in [0.3, 0.4) is 0 Å². The van der Waals surface area contributed by atoms with Gasteiger partial charge in [-0.25, -0.2) is 9.97 Å². The first kappa shape index (κ1) is 33.5. The van der Waals surface area contributed by atoms with Crippen molar-refractivity contribution < 1.29 is 47.2 Å². The Hall–Kier alpha value is -5.41. The predicted molar refractivity (Wildman–Crippen MR) is 160 cm³/mol. The third-order valence-electron chi connectivity index (χ3n) is 6.14. The SMILES string of the molecule is O=C(NCCOCCOCCNC(=O)c1cccc(O)c1O)c1cccc(-c2cc(Nc3ccc(OC(F)(F)F)cc3)ncn2)c1. The molecule has 5 N–H and O–H groups in total. The summed E-state index contributed by atoms with van der Waals surface area (Å²) in [6.07, 6.45) is -3.45. The minimum absolute atomic E-state index is 0.0404. The normalized spacial score (nSPS) is 11.1. The Morgan fingerprint density at radius 2 is 1.46 bits per heavy atom. The number of aromatic nitrogens is 2. The molecule has 4 aromatic rings. The number of phenolic OH excluding ortho intramolecular Hbond substituents is 2. The molecule has 15 heteroatoms. The van der Waals surface area contributed by atoms with Gasteiger partial charge in [0.15, 0.2) is 11.5 Å². The highest BCUT2D eigenvalue weighted by atomic mass is 19.4. The number of carbonyl (C=O) groups excluding carboxylic acids is 2. The van der Waals surface area contributed by atoms with Crippen LogP contribution in [0, 0.1) is 0 Å². The second kappa shape index (κ2) is 16.1. The van der Waals surface area contributed by atoms with Crippen molar-refractivity contribution in [1.82, 2.24) is 20.6 Å². The van der Waals surface area contributed by atoms with Crippen LogP contribution in [-0.4, -0.2) is 77.9 Å². The molecule has 1 heterocycles. The van der Waals surface area contributed by atoms with Gasteiger partial charge in [-0.3, -0.25) is 9.59 Å². The highest BCUT2D eigenvalue weighted by molar-refractivity contribution is 5.97. The monoisotopic (exact) mass is 641 g/mol. The van der Waals surface area contributed by atoms with E-state index in [-0.39, 0.29) is 62.5 Å². The van der Waals surface area contributed by atoms with Crippen molar-refractivity contribution >= 4 is 23.3 Å². The van der Waals surface area contributed by atoms with Crippen LogP contribution < -0.4 is 20.7 Å². The zero-order valence-corrected chi connectivity index (χ0v) is 24.2. The number of anilines is 2. The van der Waals surface area contributed by atoms with E-state index in [4.69, 9.17) is 9.47 Å². The highest BCUT2D eigenvalue weighted by Gasteiger charge is 2.31. The molecular weight excluding hydrogens is 611 g/mol. The maximum atomic E-state index is 12.7. The molecule has 0 radical (unpaired) electrons. The van der Waals surface area contributed by atoms with Gasteiger partial charge < -0.3 is 40.4 Å². The maximum absolute atomic E-state index is 12.7. The first-order valence-electron chi connectivity index (χ1n) is 13.9. The van der Waals surface area contributed by atoms with Gasteiger partial charge >= 0.3 is 6.36 Å². The number of hydrogen-bond donors (Lipinski definition) is 5. The van der Waals surface area contributed by atoms with Crippen molar-refractivity contribution in [3.63, 3.8) is 0 Å². The fourth-order valence-electron chi connectivity index (χ4n) is 4.00. The largest absolute Gasteiger partial charge is 0.573 e. The van der Waals surface area contributed by atoms with E-state index in [1.54, 1.807) is 30.3 Å². The number of alkyl halides is 3. The molecule has 0 saturated carbocycles. The van der Waals surface area contributed by atoms with E-state index in [2.05, 4.69) is 30.7 Å². The molecule has 46 heavy (non-hydrogen) atoms. The van der Waals surface area contributed by atoms with Crippen molar-refractivity contribution in [1.29, 1.82) is 0 Å². The van der Waals surface area contributed by atoms with Gasteiger partial charge in [0.05, 0.1) is 37.7 Å². The van der Waals surface area contributed by atoms with Gasteiger partial charge in [0.2, 0.25) is 0 Å². The van der Waals surface area contributed by atoms with Crippen LogP contribution in [-0.2, 0) is 9.47 Å². The summed E-state index contributed by atoms with van der Waals surface area (Å²) in [5.74, 6) is -1.68. The molecule has 3 aromatic carbocycles. The van der Waals surface area contributed by atoms with Gasteiger partial charge in [0.1, 0.15) is 17.9 Å². The lowest BCUT2D eigenvalue weighted by Gasteiger charge is -2.11. The molecular formula is C31H30F3N5O7. The van der Waals surface area contributed by atoms with Crippen LogP contribution >= 0.6 is 0 Å². The molecule has 4 rings (SSSR count). The molecule has 0 aliphatic carbocycles. The minimum Gasteiger partial charge on any atom is -0.504 e. The zero-order valence-electron chi connectivity index (χ0n) is 24.2. The topological polar surface area (TPSA) is 164 Å². The molecule has 0 spiro atoms. The van der Waals surface area contributed by atoms with Crippen LogP contribution in [0.1, 0.15) is 20.7 Å². The van der Waals surface area contributed by atoms with Crippen LogP contribution in [0.25, 0.3) is 11.3 Å². The van der Waals surface area contributed by atoms with Crippen LogP contribution in [0.5, 0.6) is 17.2 Å². The molecule has 0 fully saturated rings. The summed E-state index contributed by atoms with van der Waals surface area (Å²) in [5, 5.41) is 27.5.